The molecule has 7 rings (SSSR count). The van der Waals surface area contributed by atoms with Crippen LogP contribution in [0.2, 0.25) is 0 Å². The van der Waals surface area contributed by atoms with E-state index in [4.69, 9.17) is 18.9 Å². The predicted octanol–water partition coefficient (Wildman–Crippen LogP) is 6.37. The van der Waals surface area contributed by atoms with Crippen molar-refractivity contribution >= 4 is 18.2 Å². The molecule has 0 unspecified atom stereocenters. The summed E-state index contributed by atoms with van der Waals surface area (Å²) >= 11 is 0. The fourth-order valence-corrected chi connectivity index (χ4v) is 8.06. The van der Waals surface area contributed by atoms with Gasteiger partial charge in [-0.2, -0.15) is 0 Å². The third-order valence-electron chi connectivity index (χ3n) is 10.7. The van der Waals surface area contributed by atoms with Gasteiger partial charge in [-0.05, 0) is 59.7 Å². The summed E-state index contributed by atoms with van der Waals surface area (Å²) in [6, 6.07) is 40.6. The third-order valence-corrected chi connectivity index (χ3v) is 10.7. The lowest BCUT2D eigenvalue weighted by atomic mass is 9.80. The van der Waals surface area contributed by atoms with Gasteiger partial charge in [0.05, 0.1) is 12.6 Å². The quantitative estimate of drug-likeness (QED) is 0.0894. The van der Waals surface area contributed by atoms with Gasteiger partial charge in [0.15, 0.2) is 6.04 Å². The van der Waals surface area contributed by atoms with Crippen molar-refractivity contribution in [3.05, 3.63) is 167 Å². The van der Waals surface area contributed by atoms with E-state index in [1.807, 2.05) is 140 Å². The summed E-state index contributed by atoms with van der Waals surface area (Å²) in [5.74, 6) is -1.85. The standard InChI is InChI=1S/C47H48N2O10/c1-46(2,3)59-45(55)48-38-40(50)37(28-57-47(29-17-7-4-8-18-29,30-19-9-5-10-20-30)31-21-11-6-12-22-31)58-42(41(38)51)39(43(52)53)49-44(54)56-27-36-34-25-15-13-23-32(34)33-24-14-16-26-35(33)36/h4-26,36-42,50-51H,27-28H2,1-3H3,(H,48,55)(H,49,54)(H,52,53)/t37-,38-,39+,40-,41-,42+/m1/s1. The number of ether oxygens (including phenoxy) is 4. The molecule has 6 atom stereocenters. The Labute approximate surface area is 342 Å². The number of carbonyl (C=O) groups excluding carboxylic acids is 2. The van der Waals surface area contributed by atoms with Crippen molar-refractivity contribution in [2.45, 2.75) is 74.4 Å². The number of amides is 2. The first-order valence-corrected chi connectivity index (χ1v) is 19.5. The summed E-state index contributed by atoms with van der Waals surface area (Å²) in [5.41, 5.74) is 4.02. The highest BCUT2D eigenvalue weighted by atomic mass is 16.6. The van der Waals surface area contributed by atoms with Gasteiger partial charge in [0.25, 0.3) is 0 Å². The topological polar surface area (TPSA) is 173 Å². The summed E-state index contributed by atoms with van der Waals surface area (Å²) in [5, 5.41) is 39.0. The number of carboxylic acid groups (broad SMARTS) is 1. The van der Waals surface area contributed by atoms with Crippen molar-refractivity contribution in [1.29, 1.82) is 0 Å². The molecule has 12 nitrogen and oxygen atoms in total. The molecule has 0 bridgehead atoms. The Hall–Kier alpha value is -6.05. The maximum absolute atomic E-state index is 13.5. The number of aliphatic hydroxyl groups is 2. The molecule has 0 aromatic heterocycles. The molecule has 306 valence electrons. The van der Waals surface area contributed by atoms with E-state index in [0.717, 1.165) is 38.9 Å². The molecule has 5 N–H and O–H groups in total. The zero-order valence-corrected chi connectivity index (χ0v) is 32.9. The van der Waals surface area contributed by atoms with E-state index in [1.54, 1.807) is 20.8 Å². The number of benzene rings is 5. The number of fused-ring (bicyclic) bond motifs is 3. The molecule has 59 heavy (non-hydrogen) atoms. The lowest BCUT2D eigenvalue weighted by Gasteiger charge is -2.46. The molecule has 2 aliphatic rings. The molecule has 0 radical (unpaired) electrons. The van der Waals surface area contributed by atoms with Gasteiger partial charge in [-0.1, -0.05) is 140 Å². The van der Waals surface area contributed by atoms with Crippen LogP contribution in [0, 0.1) is 0 Å². The van der Waals surface area contributed by atoms with Crippen LogP contribution in [0.1, 0.15) is 54.5 Å². The largest absolute Gasteiger partial charge is 0.480 e. The Bertz CT molecular complexity index is 2090. The number of alkyl carbamates (subject to hydrolysis) is 2. The van der Waals surface area contributed by atoms with E-state index in [2.05, 4.69) is 10.6 Å². The molecule has 1 aliphatic carbocycles. The lowest BCUT2D eigenvalue weighted by Crippen LogP contribution is -2.69. The minimum absolute atomic E-state index is 0.0984. The van der Waals surface area contributed by atoms with Gasteiger partial charge >= 0.3 is 18.2 Å². The Balaban J connectivity index is 1.18. The zero-order valence-electron chi connectivity index (χ0n) is 32.9. The molecule has 1 heterocycles. The molecular weight excluding hydrogens is 753 g/mol. The molecule has 0 spiro atoms. The molecular formula is C47H48N2O10. The van der Waals surface area contributed by atoms with Gasteiger partial charge in [0, 0.05) is 5.92 Å². The normalized spacial score (nSPS) is 20.7. The first kappa shape index (κ1) is 41.1. The molecule has 0 saturated carbocycles. The summed E-state index contributed by atoms with van der Waals surface area (Å²) in [6.45, 7) is 4.49. The van der Waals surface area contributed by atoms with Gasteiger partial charge in [0.1, 0.15) is 42.2 Å². The minimum Gasteiger partial charge on any atom is -0.480 e. The lowest BCUT2D eigenvalue weighted by molar-refractivity contribution is -0.215. The third kappa shape index (κ3) is 8.72. The average molecular weight is 801 g/mol. The van der Waals surface area contributed by atoms with Crippen molar-refractivity contribution in [2.24, 2.45) is 0 Å². The number of hydrogen-bond donors (Lipinski definition) is 5. The summed E-state index contributed by atoms with van der Waals surface area (Å²) in [6.07, 6.45) is -8.61. The molecule has 1 saturated heterocycles. The highest BCUT2D eigenvalue weighted by Crippen LogP contribution is 2.45. The zero-order chi connectivity index (χ0) is 41.7. The van der Waals surface area contributed by atoms with E-state index in [-0.39, 0.29) is 19.1 Å². The van der Waals surface area contributed by atoms with Crippen LogP contribution < -0.4 is 10.6 Å². The van der Waals surface area contributed by atoms with Gasteiger partial charge in [0.2, 0.25) is 0 Å². The number of carboxylic acids is 1. The molecule has 12 heteroatoms. The maximum atomic E-state index is 13.5. The van der Waals surface area contributed by atoms with Crippen molar-refractivity contribution in [3.8, 4) is 11.1 Å². The Morgan fingerprint density at radius 3 is 1.61 bits per heavy atom. The van der Waals surface area contributed by atoms with Crippen molar-refractivity contribution < 1.29 is 48.7 Å². The average Bonchev–Trinajstić information content (AvgIpc) is 3.55. The van der Waals surface area contributed by atoms with E-state index in [9.17, 15) is 29.7 Å². The van der Waals surface area contributed by atoms with Crippen molar-refractivity contribution in [3.63, 3.8) is 0 Å². The SMILES string of the molecule is CC(C)(C)OC(=O)N[C@H]1[C@@H](O)[C@H]([C@H](NC(=O)OCC2c3ccccc3-c3ccccc32)C(=O)O)O[C@H](COC(c2ccccc2)(c2ccccc2)c2ccccc2)[C@H]1O. The highest BCUT2D eigenvalue weighted by molar-refractivity contribution is 5.81. The second-order valence-corrected chi connectivity index (χ2v) is 15.7. The summed E-state index contributed by atoms with van der Waals surface area (Å²) in [4.78, 5) is 39.6. The van der Waals surface area contributed by atoms with Crippen LogP contribution in [0.15, 0.2) is 140 Å². The fraction of sp³-hybridized carbons (Fsp3) is 0.298. The van der Waals surface area contributed by atoms with Crippen LogP contribution in [-0.2, 0) is 29.3 Å². The monoisotopic (exact) mass is 800 g/mol. The van der Waals surface area contributed by atoms with Gasteiger partial charge in [-0.3, -0.25) is 0 Å². The smallest absolute Gasteiger partial charge is 0.408 e. The maximum Gasteiger partial charge on any atom is 0.408 e. The second-order valence-electron chi connectivity index (χ2n) is 15.7. The van der Waals surface area contributed by atoms with Gasteiger partial charge in [-0.25, -0.2) is 14.4 Å². The number of carbonyl (C=O) groups is 3. The van der Waals surface area contributed by atoms with Gasteiger partial charge in [-0.15, -0.1) is 0 Å². The fourth-order valence-electron chi connectivity index (χ4n) is 8.06. The number of aliphatic carboxylic acids is 1. The molecule has 5 aromatic carbocycles. The van der Waals surface area contributed by atoms with Crippen LogP contribution in [0.4, 0.5) is 9.59 Å². The Morgan fingerprint density at radius 1 is 0.661 bits per heavy atom. The van der Waals surface area contributed by atoms with E-state index in [1.165, 1.54) is 0 Å². The number of rotatable bonds is 12. The van der Waals surface area contributed by atoms with E-state index < -0.39 is 65.9 Å². The molecule has 1 aliphatic heterocycles. The second kappa shape index (κ2) is 17.4. The van der Waals surface area contributed by atoms with Crippen LogP contribution in [0.3, 0.4) is 0 Å². The first-order chi connectivity index (χ1) is 28.4. The summed E-state index contributed by atoms with van der Waals surface area (Å²) < 4.78 is 24.3. The molecule has 1 fully saturated rings. The van der Waals surface area contributed by atoms with E-state index >= 15 is 0 Å². The van der Waals surface area contributed by atoms with E-state index in [0.29, 0.717) is 0 Å². The van der Waals surface area contributed by atoms with Gasteiger partial charge < -0.3 is 44.9 Å². The highest BCUT2D eigenvalue weighted by Gasteiger charge is 2.52. The first-order valence-electron chi connectivity index (χ1n) is 19.5. The van der Waals surface area contributed by atoms with Crippen LogP contribution in [0.5, 0.6) is 0 Å². The Kier molecular flexibility index (Phi) is 12.2. The number of nitrogens with one attached hydrogen (secondary N) is 2. The minimum atomic E-state index is -1.90. The predicted molar refractivity (Wildman–Crippen MR) is 219 cm³/mol. The molecule has 5 aromatic rings. The van der Waals surface area contributed by atoms with Crippen molar-refractivity contribution in [2.75, 3.05) is 13.2 Å². The number of aliphatic hydroxyl groups excluding tert-OH is 2. The van der Waals surface area contributed by atoms with Crippen molar-refractivity contribution in [1.82, 2.24) is 10.6 Å². The number of hydrogen-bond acceptors (Lipinski definition) is 9. The van der Waals surface area contributed by atoms with Crippen LogP contribution >= 0.6 is 0 Å². The molecule has 2 amide bonds. The Morgan fingerprint density at radius 2 is 1.14 bits per heavy atom. The van der Waals surface area contributed by atoms with Crippen LogP contribution in [0.25, 0.3) is 11.1 Å². The summed E-state index contributed by atoms with van der Waals surface area (Å²) in [7, 11) is 0. The van der Waals surface area contributed by atoms with Crippen LogP contribution in [-0.4, -0.2) is 88.8 Å².